The van der Waals surface area contributed by atoms with E-state index >= 15 is 0 Å². The van der Waals surface area contributed by atoms with Crippen molar-refractivity contribution in [3.8, 4) is 17.6 Å². The van der Waals surface area contributed by atoms with E-state index < -0.39 is 70.0 Å². The molecule has 0 bridgehead atoms. The third-order valence-electron chi connectivity index (χ3n) is 5.22. The molecule has 3 nitrogen and oxygen atoms in total. The van der Waals surface area contributed by atoms with Gasteiger partial charge in [0, 0.05) is 22.8 Å². The van der Waals surface area contributed by atoms with Crippen molar-refractivity contribution in [3.63, 3.8) is 0 Å². The monoisotopic (exact) mass is 435 g/mol. The van der Waals surface area contributed by atoms with Crippen LogP contribution in [-0.4, -0.2) is 17.0 Å². The van der Waals surface area contributed by atoms with Crippen LogP contribution in [0, 0.1) is 17.1 Å². The lowest BCUT2D eigenvalue weighted by atomic mass is 9.75. The van der Waals surface area contributed by atoms with Gasteiger partial charge in [-0.3, -0.25) is 0 Å². The van der Waals surface area contributed by atoms with Crippen molar-refractivity contribution in [3.05, 3.63) is 58.4 Å². The maximum atomic E-state index is 14.6. The van der Waals surface area contributed by atoms with E-state index in [1.54, 1.807) is 6.07 Å². The topological polar surface area (TPSA) is 53.2 Å². The molecular formula is C19H9F8NO2. The van der Waals surface area contributed by atoms with Crippen LogP contribution in [-0.2, 0) is 11.5 Å². The molecule has 0 aliphatic heterocycles. The van der Waals surface area contributed by atoms with Crippen molar-refractivity contribution in [2.75, 3.05) is 0 Å². The van der Waals surface area contributed by atoms with E-state index in [4.69, 9.17) is 10.00 Å². The fourth-order valence-electron chi connectivity index (χ4n) is 3.89. The summed E-state index contributed by atoms with van der Waals surface area (Å²) in [5.74, 6) is -17.4. The lowest BCUT2D eigenvalue weighted by molar-refractivity contribution is -0.306. The van der Waals surface area contributed by atoms with Gasteiger partial charge >= 0.3 is 11.8 Å². The summed E-state index contributed by atoms with van der Waals surface area (Å²) in [6.45, 7) is 0. The molecule has 11 heteroatoms. The summed E-state index contributed by atoms with van der Waals surface area (Å²) in [5.41, 5.74) is -8.60. The number of benzene rings is 2. The number of ether oxygens (including phenoxy) is 1. The summed E-state index contributed by atoms with van der Waals surface area (Å²) in [6.07, 6.45) is -5.64. The van der Waals surface area contributed by atoms with Crippen LogP contribution in [0.4, 0.5) is 35.1 Å². The van der Waals surface area contributed by atoms with E-state index in [0.29, 0.717) is 18.2 Å². The predicted octanol–water partition coefficient (Wildman–Crippen LogP) is 5.47. The van der Waals surface area contributed by atoms with E-state index in [9.17, 15) is 40.2 Å². The van der Waals surface area contributed by atoms with Gasteiger partial charge in [-0.2, -0.15) is 22.8 Å². The SMILES string of the molecule is N#Cc1cc(F)cc(Oc2ccc3c4c2[C@H](F)C(F)(F)C[C@@]4(O)C(F)(F)C3(F)F)c1. The number of rotatable bonds is 2. The first-order valence-electron chi connectivity index (χ1n) is 8.32. The smallest absolute Gasteiger partial charge is 0.346 e. The van der Waals surface area contributed by atoms with Crippen molar-refractivity contribution in [2.45, 2.75) is 36.0 Å². The molecule has 0 radical (unpaired) electrons. The van der Waals surface area contributed by atoms with Crippen LogP contribution in [0.5, 0.6) is 11.5 Å². The van der Waals surface area contributed by atoms with Gasteiger partial charge in [0.05, 0.1) is 18.1 Å². The van der Waals surface area contributed by atoms with Gasteiger partial charge in [-0.15, -0.1) is 0 Å². The molecule has 0 saturated heterocycles. The molecular weight excluding hydrogens is 426 g/mol. The highest BCUT2D eigenvalue weighted by molar-refractivity contribution is 5.59. The Labute approximate surface area is 163 Å². The second-order valence-corrected chi connectivity index (χ2v) is 7.10. The molecule has 1 N–H and O–H groups in total. The van der Waals surface area contributed by atoms with E-state index in [-0.39, 0.29) is 5.56 Å². The summed E-state index contributed by atoms with van der Waals surface area (Å²) in [7, 11) is 0. The molecule has 30 heavy (non-hydrogen) atoms. The Balaban J connectivity index is 1.97. The fraction of sp³-hybridized carbons (Fsp3) is 0.316. The maximum absolute atomic E-state index is 14.6. The first-order chi connectivity index (χ1) is 13.8. The van der Waals surface area contributed by atoms with Crippen molar-refractivity contribution in [1.82, 2.24) is 0 Å². The number of halogens is 8. The number of aliphatic hydroxyl groups is 1. The second-order valence-electron chi connectivity index (χ2n) is 7.10. The Morgan fingerprint density at radius 2 is 1.73 bits per heavy atom. The second kappa shape index (κ2) is 5.85. The summed E-state index contributed by atoms with van der Waals surface area (Å²) in [6, 6.07) is 4.95. The van der Waals surface area contributed by atoms with Crippen LogP contribution >= 0.6 is 0 Å². The lowest BCUT2D eigenvalue weighted by Crippen LogP contribution is -2.54. The highest BCUT2D eigenvalue weighted by Crippen LogP contribution is 2.68. The number of hydrogen-bond acceptors (Lipinski definition) is 3. The minimum Gasteiger partial charge on any atom is -0.457 e. The van der Waals surface area contributed by atoms with Crippen LogP contribution in [0.15, 0.2) is 30.3 Å². The Morgan fingerprint density at radius 1 is 1.07 bits per heavy atom. The molecule has 2 aromatic carbocycles. The highest BCUT2D eigenvalue weighted by Gasteiger charge is 2.80. The van der Waals surface area contributed by atoms with E-state index in [1.165, 1.54) is 0 Å². The summed E-state index contributed by atoms with van der Waals surface area (Å²) >= 11 is 0. The molecule has 0 spiro atoms. The average Bonchev–Trinajstić information content (AvgIpc) is 2.75. The quantitative estimate of drug-likeness (QED) is 0.637. The van der Waals surface area contributed by atoms with Crippen LogP contribution in [0.3, 0.4) is 0 Å². The average molecular weight is 435 g/mol. The Morgan fingerprint density at radius 3 is 2.37 bits per heavy atom. The minimum atomic E-state index is -5.36. The Bertz CT molecular complexity index is 1110. The molecule has 0 unspecified atom stereocenters. The molecule has 0 aromatic heterocycles. The maximum Gasteiger partial charge on any atom is 0.346 e. The largest absolute Gasteiger partial charge is 0.457 e. The van der Waals surface area contributed by atoms with Gasteiger partial charge in [0.1, 0.15) is 17.3 Å². The standard InChI is InChI=1S/C19H9F8NO2/c20-9-3-8(6-28)4-10(5-9)30-12-2-1-11-14-13(12)15(21)17(22,23)7-16(14,29)19(26,27)18(11,24)25/h1-5,15,29H,7H2/t15-,16-/m0/s1. The molecule has 4 rings (SSSR count). The van der Waals surface area contributed by atoms with E-state index in [0.717, 1.165) is 12.1 Å². The normalized spacial score (nSPS) is 27.3. The highest BCUT2D eigenvalue weighted by atomic mass is 19.3. The van der Waals surface area contributed by atoms with Gasteiger partial charge in [-0.05, 0) is 24.3 Å². The molecule has 2 aromatic rings. The predicted molar refractivity (Wildman–Crippen MR) is 83.8 cm³/mol. The van der Waals surface area contributed by atoms with Crippen molar-refractivity contribution in [2.24, 2.45) is 0 Å². The minimum absolute atomic E-state index is 0.267. The summed E-state index contributed by atoms with van der Waals surface area (Å²) < 4.78 is 119. The first-order valence-corrected chi connectivity index (χ1v) is 8.32. The zero-order valence-corrected chi connectivity index (χ0v) is 14.5. The van der Waals surface area contributed by atoms with Gasteiger partial charge in [0.25, 0.3) is 5.92 Å². The van der Waals surface area contributed by atoms with Crippen molar-refractivity contribution >= 4 is 0 Å². The lowest BCUT2D eigenvalue weighted by Gasteiger charge is -2.40. The van der Waals surface area contributed by atoms with E-state index in [1.807, 2.05) is 0 Å². The van der Waals surface area contributed by atoms with Gasteiger partial charge in [-0.1, -0.05) is 0 Å². The molecule has 0 saturated carbocycles. The molecule has 0 heterocycles. The number of nitriles is 1. The summed E-state index contributed by atoms with van der Waals surface area (Å²) in [5, 5.41) is 19.1. The molecule has 0 fully saturated rings. The van der Waals surface area contributed by atoms with Gasteiger partial charge in [0.15, 0.2) is 11.8 Å². The van der Waals surface area contributed by atoms with Crippen molar-refractivity contribution in [1.29, 1.82) is 5.26 Å². The third kappa shape index (κ3) is 2.40. The number of alkyl halides is 7. The molecule has 0 amide bonds. The zero-order valence-electron chi connectivity index (χ0n) is 14.5. The molecule has 2 atom stereocenters. The first kappa shape index (κ1) is 20.4. The van der Waals surface area contributed by atoms with Crippen LogP contribution in [0.2, 0.25) is 0 Å². The van der Waals surface area contributed by atoms with Gasteiger partial charge in [0.2, 0.25) is 0 Å². The van der Waals surface area contributed by atoms with Gasteiger partial charge in [-0.25, -0.2) is 17.6 Å². The molecule has 158 valence electrons. The zero-order chi connectivity index (χ0) is 22.3. The number of nitrogens with zero attached hydrogens (tertiary/aromatic N) is 1. The summed E-state index contributed by atoms with van der Waals surface area (Å²) in [4.78, 5) is 0. The molecule has 2 aliphatic rings. The fourth-order valence-corrected chi connectivity index (χ4v) is 3.89. The van der Waals surface area contributed by atoms with Gasteiger partial charge < -0.3 is 9.84 Å². The van der Waals surface area contributed by atoms with Crippen molar-refractivity contribution < 1.29 is 45.0 Å². The van der Waals surface area contributed by atoms with Crippen LogP contribution in [0.25, 0.3) is 0 Å². The third-order valence-corrected chi connectivity index (χ3v) is 5.22. The molecule has 2 aliphatic carbocycles. The Kier molecular flexibility index (Phi) is 3.98. The van der Waals surface area contributed by atoms with Crippen LogP contribution < -0.4 is 4.74 Å². The van der Waals surface area contributed by atoms with E-state index in [2.05, 4.69) is 0 Å². The van der Waals surface area contributed by atoms with Crippen LogP contribution in [0.1, 0.15) is 34.8 Å². The number of hydrogen-bond donors (Lipinski definition) is 1. The Hall–Kier alpha value is -2.87.